The Morgan fingerprint density at radius 3 is 2.22 bits per heavy atom. The van der Waals surface area contributed by atoms with E-state index in [1.165, 1.54) is 13.3 Å². The van der Waals surface area contributed by atoms with Gasteiger partial charge in [-0.25, -0.2) is 4.98 Å². The van der Waals surface area contributed by atoms with Gasteiger partial charge >= 0.3 is 0 Å². The number of aryl methyl sites for hydroxylation is 2. The number of hydrogen-bond acceptors (Lipinski definition) is 12. The van der Waals surface area contributed by atoms with Crippen molar-refractivity contribution in [1.29, 1.82) is 0 Å². The van der Waals surface area contributed by atoms with Crippen molar-refractivity contribution in [1.82, 2.24) is 25.1 Å². The van der Waals surface area contributed by atoms with E-state index in [2.05, 4.69) is 42.8 Å². The summed E-state index contributed by atoms with van der Waals surface area (Å²) in [6.45, 7) is 13.2. The maximum atomic E-state index is 13.8. The van der Waals surface area contributed by atoms with Gasteiger partial charge < -0.3 is 49.4 Å². The van der Waals surface area contributed by atoms with Gasteiger partial charge in [-0.15, -0.1) is 0 Å². The van der Waals surface area contributed by atoms with Crippen LogP contribution in [0.15, 0.2) is 54.7 Å². The van der Waals surface area contributed by atoms with Crippen LogP contribution >= 0.6 is 0 Å². The van der Waals surface area contributed by atoms with E-state index in [9.17, 15) is 9.59 Å². The minimum Gasteiger partial charge on any atom is -0.493 e. The first kappa shape index (κ1) is 39.6. The number of para-hydroxylation sites is 1. The zero-order valence-electron chi connectivity index (χ0n) is 32.4. The number of aromatic nitrogens is 2. The number of benzene rings is 3. The van der Waals surface area contributed by atoms with Gasteiger partial charge in [0.15, 0.2) is 23.0 Å². The monoisotopic (exact) mass is 741 g/mol. The Kier molecular flexibility index (Phi) is 13.5. The Morgan fingerprint density at radius 1 is 0.852 bits per heavy atom. The fraction of sp³-hybridized carbons (Fsp3) is 0.400. The SMILES string of the molecule is COc1cc(C(=O)NC(C)C)ccc1Oc1nc(Nc2cc(OC)c(OC)c(OCCCN3CCN(C)CC3)c2)ncc1C(=O)Nc1c(C)cccc1C. The number of methoxy groups -OCH3 is 3. The molecule has 14 heteroatoms. The number of anilines is 3. The quantitative estimate of drug-likeness (QED) is 0.115. The molecule has 3 aromatic carbocycles. The van der Waals surface area contributed by atoms with E-state index in [1.54, 1.807) is 44.6 Å². The number of rotatable bonds is 16. The average Bonchev–Trinajstić information content (AvgIpc) is 3.15. The number of carbonyl (C=O) groups excluding carboxylic acids is 2. The molecule has 2 amide bonds. The molecule has 0 saturated carbocycles. The van der Waals surface area contributed by atoms with Crippen LogP contribution < -0.4 is 39.6 Å². The molecule has 14 nitrogen and oxygen atoms in total. The predicted molar refractivity (Wildman–Crippen MR) is 208 cm³/mol. The summed E-state index contributed by atoms with van der Waals surface area (Å²) in [5, 5.41) is 9.06. The number of ether oxygens (including phenoxy) is 5. The number of nitrogens with one attached hydrogen (secondary N) is 3. The van der Waals surface area contributed by atoms with Crippen LogP contribution in [0.5, 0.6) is 34.6 Å². The highest BCUT2D eigenvalue weighted by molar-refractivity contribution is 6.06. The second-order valence-corrected chi connectivity index (χ2v) is 13.4. The second-order valence-electron chi connectivity index (χ2n) is 13.4. The maximum absolute atomic E-state index is 13.8. The summed E-state index contributed by atoms with van der Waals surface area (Å²) in [5.41, 5.74) is 3.48. The number of hydrogen-bond donors (Lipinski definition) is 3. The Balaban J connectivity index is 1.43. The van der Waals surface area contributed by atoms with E-state index in [0.29, 0.717) is 40.8 Å². The first-order chi connectivity index (χ1) is 26.0. The number of piperazine rings is 1. The Bertz CT molecular complexity index is 1910. The third-order valence-electron chi connectivity index (χ3n) is 8.94. The van der Waals surface area contributed by atoms with Crippen molar-refractivity contribution in [2.24, 2.45) is 0 Å². The molecule has 288 valence electrons. The standard InChI is InChI=1S/C40H51N7O7/c1-25(2)42-37(48)28-13-14-31(32(21-28)50-6)54-39-30(38(49)44-35-26(3)11-9-12-27(35)4)24-41-40(45-39)43-29-22-33(51-7)36(52-8)34(23-29)53-20-10-15-47-18-16-46(5)17-19-47/h9,11-14,21-25H,10,15-20H2,1-8H3,(H,42,48)(H,44,49)(H,41,43,45). The lowest BCUT2D eigenvalue weighted by Gasteiger charge is -2.32. The van der Waals surface area contributed by atoms with Crippen LogP contribution in [0, 0.1) is 13.8 Å². The molecule has 1 saturated heterocycles. The van der Waals surface area contributed by atoms with Crippen LogP contribution in [0.1, 0.15) is 52.1 Å². The van der Waals surface area contributed by atoms with E-state index >= 15 is 0 Å². The minimum absolute atomic E-state index is 0.0465. The van der Waals surface area contributed by atoms with Gasteiger partial charge in [-0.3, -0.25) is 9.59 Å². The van der Waals surface area contributed by atoms with Crippen LogP contribution in [0.3, 0.4) is 0 Å². The lowest BCUT2D eigenvalue weighted by atomic mass is 10.1. The number of nitrogens with zero attached hydrogens (tertiary/aromatic N) is 4. The van der Waals surface area contributed by atoms with Crippen LogP contribution in [0.4, 0.5) is 17.3 Å². The second kappa shape index (κ2) is 18.4. The summed E-state index contributed by atoms with van der Waals surface area (Å²) < 4.78 is 29.4. The van der Waals surface area contributed by atoms with Crippen molar-refractivity contribution in [2.75, 3.05) is 78.3 Å². The van der Waals surface area contributed by atoms with Crippen molar-refractivity contribution < 1.29 is 33.3 Å². The molecule has 0 aliphatic carbocycles. The molecular weight excluding hydrogens is 690 g/mol. The molecular formula is C40H51N7O7. The normalized spacial score (nSPS) is 13.3. The van der Waals surface area contributed by atoms with Crippen LogP contribution in [-0.2, 0) is 0 Å². The number of likely N-dealkylation sites (N-methyl/N-ethyl adjacent to an activating group) is 1. The molecule has 1 fully saturated rings. The zero-order valence-corrected chi connectivity index (χ0v) is 32.4. The lowest BCUT2D eigenvalue weighted by molar-refractivity contribution is 0.0942. The topological polar surface area (TPSA) is 149 Å². The fourth-order valence-corrected chi connectivity index (χ4v) is 5.97. The molecule has 0 radical (unpaired) electrons. The highest BCUT2D eigenvalue weighted by atomic mass is 16.5. The third kappa shape index (κ3) is 10.1. The van der Waals surface area contributed by atoms with E-state index < -0.39 is 5.91 Å². The minimum atomic E-state index is -0.473. The Hall–Kier alpha value is -5.60. The summed E-state index contributed by atoms with van der Waals surface area (Å²) in [7, 11) is 6.73. The Morgan fingerprint density at radius 2 is 1.56 bits per heavy atom. The van der Waals surface area contributed by atoms with Gasteiger partial charge in [-0.1, -0.05) is 18.2 Å². The average molecular weight is 742 g/mol. The zero-order chi connectivity index (χ0) is 38.8. The van der Waals surface area contributed by atoms with Crippen molar-refractivity contribution in [3.05, 3.63) is 77.0 Å². The summed E-state index contributed by atoms with van der Waals surface area (Å²) in [6, 6.07) is 14.0. The first-order valence-electron chi connectivity index (χ1n) is 18.0. The molecule has 3 N–H and O–H groups in total. The summed E-state index contributed by atoms with van der Waals surface area (Å²) in [6.07, 6.45) is 2.23. The predicted octanol–water partition coefficient (Wildman–Crippen LogP) is 6.06. The summed E-state index contributed by atoms with van der Waals surface area (Å²) in [5.74, 6) is 1.27. The first-order valence-corrected chi connectivity index (χ1v) is 18.0. The molecule has 0 spiro atoms. The van der Waals surface area contributed by atoms with E-state index in [-0.39, 0.29) is 40.8 Å². The van der Waals surface area contributed by atoms with Crippen LogP contribution in [0.2, 0.25) is 0 Å². The van der Waals surface area contributed by atoms with Gasteiger partial charge in [0.1, 0.15) is 5.56 Å². The molecule has 2 heterocycles. The highest BCUT2D eigenvalue weighted by Gasteiger charge is 2.22. The number of carbonyl (C=O) groups is 2. The van der Waals surface area contributed by atoms with Gasteiger partial charge in [0, 0.05) is 74.0 Å². The van der Waals surface area contributed by atoms with Crippen molar-refractivity contribution in [3.8, 4) is 34.6 Å². The Labute approximate surface area is 317 Å². The molecule has 5 rings (SSSR count). The lowest BCUT2D eigenvalue weighted by Crippen LogP contribution is -2.44. The van der Waals surface area contributed by atoms with E-state index in [4.69, 9.17) is 23.7 Å². The molecule has 4 aromatic rings. The molecule has 1 aliphatic rings. The van der Waals surface area contributed by atoms with Crippen molar-refractivity contribution >= 4 is 29.1 Å². The van der Waals surface area contributed by atoms with Crippen LogP contribution in [-0.4, -0.2) is 105 Å². The summed E-state index contributed by atoms with van der Waals surface area (Å²) >= 11 is 0. The maximum Gasteiger partial charge on any atom is 0.262 e. The van der Waals surface area contributed by atoms with E-state index in [1.807, 2.05) is 45.9 Å². The van der Waals surface area contributed by atoms with Gasteiger partial charge in [-0.05, 0) is 70.5 Å². The summed E-state index contributed by atoms with van der Waals surface area (Å²) in [4.78, 5) is 40.4. The largest absolute Gasteiger partial charge is 0.493 e. The van der Waals surface area contributed by atoms with E-state index in [0.717, 1.165) is 50.3 Å². The molecule has 0 bridgehead atoms. The third-order valence-corrected chi connectivity index (χ3v) is 8.94. The van der Waals surface area contributed by atoms with Crippen molar-refractivity contribution in [2.45, 2.75) is 40.2 Å². The molecule has 0 unspecified atom stereocenters. The fourth-order valence-electron chi connectivity index (χ4n) is 5.97. The van der Waals surface area contributed by atoms with Crippen LogP contribution in [0.25, 0.3) is 0 Å². The highest BCUT2D eigenvalue weighted by Crippen LogP contribution is 2.41. The molecule has 54 heavy (non-hydrogen) atoms. The van der Waals surface area contributed by atoms with Gasteiger partial charge in [0.2, 0.25) is 17.6 Å². The molecule has 1 aromatic heterocycles. The molecule has 1 aliphatic heterocycles. The van der Waals surface area contributed by atoms with Crippen molar-refractivity contribution in [3.63, 3.8) is 0 Å². The molecule has 0 atom stereocenters. The van der Waals surface area contributed by atoms with Gasteiger partial charge in [0.05, 0.1) is 27.9 Å². The smallest absolute Gasteiger partial charge is 0.262 e. The van der Waals surface area contributed by atoms with Gasteiger partial charge in [0.25, 0.3) is 11.8 Å². The van der Waals surface area contributed by atoms with Gasteiger partial charge in [-0.2, -0.15) is 4.98 Å². The number of amides is 2.